The number of aliphatic imine (C=N–C) groups is 1. The topological polar surface area (TPSA) is 30.9 Å². The predicted octanol–water partition coefficient (Wildman–Crippen LogP) is 2.41. The largest absolute Gasteiger partial charge is 0.355 e. The fourth-order valence-corrected chi connectivity index (χ4v) is 3.73. The Labute approximate surface area is 131 Å². The molecule has 1 aliphatic carbocycles. The molecule has 4 nitrogen and oxygen atoms in total. The van der Waals surface area contributed by atoms with Crippen LogP contribution < -0.4 is 5.32 Å². The third kappa shape index (κ3) is 4.87. The van der Waals surface area contributed by atoms with Crippen LogP contribution in [0.15, 0.2) is 4.99 Å². The highest BCUT2D eigenvalue weighted by Gasteiger charge is 2.30. The van der Waals surface area contributed by atoms with Crippen molar-refractivity contribution < 1.29 is 0 Å². The van der Waals surface area contributed by atoms with Gasteiger partial charge < -0.3 is 10.2 Å². The molecule has 0 bridgehead atoms. The second-order valence-electron chi connectivity index (χ2n) is 7.39. The van der Waals surface area contributed by atoms with E-state index in [4.69, 9.17) is 0 Å². The van der Waals surface area contributed by atoms with Crippen LogP contribution >= 0.6 is 0 Å². The molecule has 122 valence electrons. The van der Waals surface area contributed by atoms with Gasteiger partial charge in [-0.25, -0.2) is 0 Å². The van der Waals surface area contributed by atoms with E-state index >= 15 is 0 Å². The zero-order chi connectivity index (χ0) is 15.4. The van der Waals surface area contributed by atoms with Gasteiger partial charge in [0.2, 0.25) is 0 Å². The van der Waals surface area contributed by atoms with E-state index in [1.165, 1.54) is 19.3 Å². The van der Waals surface area contributed by atoms with Gasteiger partial charge in [-0.15, -0.1) is 0 Å². The number of likely N-dealkylation sites (tertiary alicyclic amines) is 1. The van der Waals surface area contributed by atoms with Gasteiger partial charge in [0.15, 0.2) is 5.96 Å². The zero-order valence-electron chi connectivity index (χ0n) is 14.6. The van der Waals surface area contributed by atoms with E-state index in [1.807, 2.05) is 7.05 Å². The summed E-state index contributed by atoms with van der Waals surface area (Å²) < 4.78 is 0. The molecular weight excluding hydrogens is 260 g/mol. The highest BCUT2D eigenvalue weighted by atomic mass is 15.3. The average molecular weight is 294 g/mol. The molecular formula is C17H34N4. The molecule has 0 spiro atoms. The maximum absolute atomic E-state index is 4.50. The third-order valence-electron chi connectivity index (χ3n) is 4.71. The minimum Gasteiger partial charge on any atom is -0.355 e. The van der Waals surface area contributed by atoms with Crippen LogP contribution in [-0.2, 0) is 0 Å². The van der Waals surface area contributed by atoms with Gasteiger partial charge in [0.05, 0.1) is 0 Å². The third-order valence-corrected chi connectivity index (χ3v) is 4.71. The van der Waals surface area contributed by atoms with E-state index in [0.717, 1.165) is 50.0 Å². The quantitative estimate of drug-likeness (QED) is 0.624. The summed E-state index contributed by atoms with van der Waals surface area (Å²) in [7, 11) is 1.91. The van der Waals surface area contributed by atoms with Crippen molar-refractivity contribution in [3.63, 3.8) is 0 Å². The van der Waals surface area contributed by atoms with Crippen molar-refractivity contribution in [1.82, 2.24) is 15.1 Å². The summed E-state index contributed by atoms with van der Waals surface area (Å²) in [5, 5.41) is 3.58. The lowest BCUT2D eigenvalue weighted by molar-refractivity contribution is 0.201. The molecule has 0 radical (unpaired) electrons. The fourth-order valence-electron chi connectivity index (χ4n) is 3.73. The number of hydrogen-bond donors (Lipinski definition) is 1. The maximum Gasteiger partial charge on any atom is 0.193 e. The van der Waals surface area contributed by atoms with Crippen LogP contribution in [0.1, 0.15) is 47.0 Å². The summed E-state index contributed by atoms with van der Waals surface area (Å²) in [5.74, 6) is 2.63. The second kappa shape index (κ2) is 7.48. The highest BCUT2D eigenvalue weighted by Crippen LogP contribution is 2.28. The second-order valence-corrected chi connectivity index (χ2v) is 7.39. The summed E-state index contributed by atoms with van der Waals surface area (Å²) in [5.41, 5.74) is 0. The van der Waals surface area contributed by atoms with Crippen LogP contribution in [0.5, 0.6) is 0 Å². The first-order chi connectivity index (χ1) is 10.0. The van der Waals surface area contributed by atoms with Gasteiger partial charge in [-0.2, -0.15) is 0 Å². The number of nitrogens with zero attached hydrogens (tertiary/aromatic N) is 3. The number of guanidine groups is 1. The molecule has 1 heterocycles. The molecule has 0 aromatic carbocycles. The maximum atomic E-state index is 4.50. The molecule has 2 aliphatic rings. The summed E-state index contributed by atoms with van der Waals surface area (Å²) in [4.78, 5) is 9.56. The van der Waals surface area contributed by atoms with Gasteiger partial charge >= 0.3 is 0 Å². The predicted molar refractivity (Wildman–Crippen MR) is 90.7 cm³/mol. The minimum absolute atomic E-state index is 0.649. The Morgan fingerprint density at radius 3 is 2.33 bits per heavy atom. The number of hydrogen-bond acceptors (Lipinski definition) is 2. The van der Waals surface area contributed by atoms with Gasteiger partial charge in [0, 0.05) is 45.3 Å². The Balaban J connectivity index is 1.79. The lowest BCUT2D eigenvalue weighted by atomic mass is 9.92. The average Bonchev–Trinajstić information content (AvgIpc) is 3.21. The van der Waals surface area contributed by atoms with Crippen molar-refractivity contribution in [1.29, 1.82) is 0 Å². The number of nitrogens with one attached hydrogen (secondary N) is 1. The molecule has 1 aliphatic heterocycles. The summed E-state index contributed by atoms with van der Waals surface area (Å²) in [6, 6.07) is 1.49. The first-order valence-electron chi connectivity index (χ1n) is 8.72. The smallest absolute Gasteiger partial charge is 0.193 e. The Kier molecular flexibility index (Phi) is 5.91. The molecule has 1 saturated carbocycles. The summed E-state index contributed by atoms with van der Waals surface area (Å²) >= 11 is 0. The van der Waals surface area contributed by atoms with E-state index in [2.05, 4.69) is 47.8 Å². The van der Waals surface area contributed by atoms with Crippen LogP contribution in [0.25, 0.3) is 0 Å². The van der Waals surface area contributed by atoms with E-state index in [0.29, 0.717) is 6.04 Å². The van der Waals surface area contributed by atoms with E-state index in [1.54, 1.807) is 0 Å². The van der Waals surface area contributed by atoms with Crippen molar-refractivity contribution in [2.75, 3.05) is 33.2 Å². The summed E-state index contributed by atoms with van der Waals surface area (Å²) in [6.45, 7) is 13.7. The van der Waals surface area contributed by atoms with Gasteiger partial charge in [0.25, 0.3) is 0 Å². The number of rotatable bonds is 5. The van der Waals surface area contributed by atoms with E-state index in [9.17, 15) is 0 Å². The minimum atomic E-state index is 0.649. The first kappa shape index (κ1) is 16.6. The number of piperidine rings is 1. The lowest BCUT2D eigenvalue weighted by Gasteiger charge is -2.37. The molecule has 0 amide bonds. The van der Waals surface area contributed by atoms with Gasteiger partial charge in [-0.3, -0.25) is 9.89 Å². The Bertz CT molecular complexity index is 337. The van der Waals surface area contributed by atoms with Crippen molar-refractivity contribution in [2.24, 2.45) is 16.8 Å². The van der Waals surface area contributed by atoms with E-state index in [-0.39, 0.29) is 0 Å². The molecule has 1 saturated heterocycles. The zero-order valence-corrected chi connectivity index (χ0v) is 14.6. The van der Waals surface area contributed by atoms with Gasteiger partial charge in [0.1, 0.15) is 0 Å². The molecule has 21 heavy (non-hydrogen) atoms. The molecule has 2 atom stereocenters. The standard InChI is InChI=1S/C17H34N4/c1-13(2)21(16-6-7-16)9-8-19-17(18-5)20-11-14(3)10-15(4)12-20/h13-16H,6-12H2,1-5H3,(H,18,19). The van der Waals surface area contributed by atoms with Crippen molar-refractivity contribution in [2.45, 2.75) is 59.0 Å². The Morgan fingerprint density at radius 2 is 1.86 bits per heavy atom. The van der Waals surface area contributed by atoms with E-state index < -0.39 is 0 Å². The van der Waals surface area contributed by atoms with Crippen molar-refractivity contribution in [3.8, 4) is 0 Å². The highest BCUT2D eigenvalue weighted by molar-refractivity contribution is 5.80. The van der Waals surface area contributed by atoms with Crippen LogP contribution in [-0.4, -0.2) is 61.1 Å². The molecule has 2 rings (SSSR count). The molecule has 2 unspecified atom stereocenters. The van der Waals surface area contributed by atoms with Gasteiger partial charge in [-0.05, 0) is 44.9 Å². The molecule has 1 N–H and O–H groups in total. The van der Waals surface area contributed by atoms with Crippen LogP contribution in [0.2, 0.25) is 0 Å². The SMILES string of the molecule is CN=C(NCCN(C(C)C)C1CC1)N1CC(C)CC(C)C1. The normalized spacial score (nSPS) is 27.6. The Hall–Kier alpha value is -0.770. The van der Waals surface area contributed by atoms with Crippen LogP contribution in [0, 0.1) is 11.8 Å². The molecule has 0 aromatic rings. The van der Waals surface area contributed by atoms with Crippen LogP contribution in [0.3, 0.4) is 0 Å². The summed E-state index contributed by atoms with van der Waals surface area (Å²) in [6.07, 6.45) is 4.11. The van der Waals surface area contributed by atoms with Crippen molar-refractivity contribution >= 4 is 5.96 Å². The monoisotopic (exact) mass is 294 g/mol. The van der Waals surface area contributed by atoms with Crippen LogP contribution in [0.4, 0.5) is 0 Å². The molecule has 0 aromatic heterocycles. The Morgan fingerprint density at radius 1 is 1.24 bits per heavy atom. The molecule has 2 fully saturated rings. The van der Waals surface area contributed by atoms with Crippen molar-refractivity contribution in [3.05, 3.63) is 0 Å². The first-order valence-corrected chi connectivity index (χ1v) is 8.72. The molecule has 4 heteroatoms. The van der Waals surface area contributed by atoms with Gasteiger partial charge in [-0.1, -0.05) is 13.8 Å². The fraction of sp³-hybridized carbons (Fsp3) is 0.941. The lowest BCUT2D eigenvalue weighted by Crippen LogP contribution is -2.50.